The number of rotatable bonds is 9. The van der Waals surface area contributed by atoms with Gasteiger partial charge in [-0.05, 0) is 75.4 Å². The lowest BCUT2D eigenvalue weighted by molar-refractivity contribution is 0.0527. The third-order valence-electron chi connectivity index (χ3n) is 7.39. The van der Waals surface area contributed by atoms with Gasteiger partial charge in [0.2, 0.25) is 10.6 Å². The number of fused-ring (bicyclic) bond motifs is 5. The smallest absolute Gasteiger partial charge is 0.407 e. The second-order valence-corrected chi connectivity index (χ2v) is 13.9. The zero-order chi connectivity index (χ0) is 30.1. The highest BCUT2D eigenvalue weighted by atomic mass is 35.6. The molecule has 8 nitrogen and oxygen atoms in total. The van der Waals surface area contributed by atoms with Gasteiger partial charge in [-0.2, -0.15) is 0 Å². The highest BCUT2D eigenvalue weighted by Gasteiger charge is 2.46. The molecule has 0 bridgehead atoms. The SMILES string of the molecule is COc1ccc2c(c1OCCCCCCNC(=O)OC(C)(C)C)[C@H](C(Cl)(Cl)Cl)N1CCc3cc4c(cc3C1=C2)OCO4. The van der Waals surface area contributed by atoms with E-state index in [1.54, 1.807) is 7.11 Å². The molecule has 3 aliphatic heterocycles. The Morgan fingerprint density at radius 3 is 2.52 bits per heavy atom. The summed E-state index contributed by atoms with van der Waals surface area (Å²) in [5, 5.41) is 2.80. The summed E-state index contributed by atoms with van der Waals surface area (Å²) >= 11 is 20.2. The Hall–Kier alpha value is -2.68. The molecule has 0 aromatic heterocycles. The van der Waals surface area contributed by atoms with Crippen molar-refractivity contribution in [2.75, 3.05) is 33.6 Å². The summed E-state index contributed by atoms with van der Waals surface area (Å²) in [6, 6.07) is 7.34. The van der Waals surface area contributed by atoms with E-state index in [0.717, 1.165) is 60.2 Å². The van der Waals surface area contributed by atoms with E-state index in [2.05, 4.69) is 16.3 Å². The lowest BCUT2D eigenvalue weighted by Gasteiger charge is -2.46. The number of methoxy groups -OCH3 is 1. The highest BCUT2D eigenvalue weighted by Crippen LogP contribution is 2.56. The van der Waals surface area contributed by atoms with Crippen LogP contribution >= 0.6 is 34.8 Å². The quantitative estimate of drug-likeness (QED) is 0.223. The van der Waals surface area contributed by atoms with E-state index in [4.69, 9.17) is 58.5 Å². The Morgan fingerprint density at radius 1 is 1.07 bits per heavy atom. The van der Waals surface area contributed by atoms with Gasteiger partial charge in [0.25, 0.3) is 0 Å². The van der Waals surface area contributed by atoms with E-state index in [1.165, 1.54) is 5.56 Å². The number of halogens is 3. The molecule has 0 unspecified atom stereocenters. The first-order valence-corrected chi connectivity index (χ1v) is 15.4. The molecule has 0 saturated heterocycles. The zero-order valence-electron chi connectivity index (χ0n) is 24.4. The number of nitrogens with one attached hydrogen (secondary N) is 1. The van der Waals surface area contributed by atoms with Crippen LogP contribution in [-0.4, -0.2) is 54.0 Å². The fourth-order valence-corrected chi connectivity index (χ4v) is 6.27. The number of alkyl halides is 3. The molecule has 0 saturated carbocycles. The first kappa shape index (κ1) is 30.8. The first-order chi connectivity index (χ1) is 20.0. The van der Waals surface area contributed by atoms with Crippen LogP contribution in [0.4, 0.5) is 4.79 Å². The topological polar surface area (TPSA) is 78.5 Å². The van der Waals surface area contributed by atoms with E-state index in [0.29, 0.717) is 36.9 Å². The van der Waals surface area contributed by atoms with Crippen molar-refractivity contribution in [3.8, 4) is 23.0 Å². The zero-order valence-corrected chi connectivity index (χ0v) is 26.6. The largest absolute Gasteiger partial charge is 0.493 e. The Bertz CT molecular complexity index is 1350. The van der Waals surface area contributed by atoms with Crippen LogP contribution in [0.5, 0.6) is 23.0 Å². The fourth-order valence-electron chi connectivity index (χ4n) is 5.59. The number of alkyl carbamates (subject to hydrolysis) is 1. The van der Waals surface area contributed by atoms with Crippen molar-refractivity contribution in [3.63, 3.8) is 0 Å². The predicted octanol–water partition coefficient (Wildman–Crippen LogP) is 7.67. The van der Waals surface area contributed by atoms with Gasteiger partial charge >= 0.3 is 6.09 Å². The van der Waals surface area contributed by atoms with Crippen LogP contribution in [0.1, 0.15) is 74.8 Å². The molecule has 42 heavy (non-hydrogen) atoms. The van der Waals surface area contributed by atoms with Crippen molar-refractivity contribution >= 4 is 52.7 Å². The maximum Gasteiger partial charge on any atom is 0.407 e. The number of carbonyl (C=O) groups is 1. The van der Waals surface area contributed by atoms with Crippen molar-refractivity contribution in [1.82, 2.24) is 10.2 Å². The number of unbranched alkanes of at least 4 members (excludes halogenated alkanes) is 3. The Labute approximate surface area is 262 Å². The van der Waals surface area contributed by atoms with Gasteiger partial charge in [-0.25, -0.2) is 4.79 Å². The van der Waals surface area contributed by atoms with Crippen LogP contribution in [-0.2, 0) is 11.2 Å². The Kier molecular flexibility index (Phi) is 9.16. The normalized spacial score (nSPS) is 17.1. The van der Waals surface area contributed by atoms with E-state index >= 15 is 0 Å². The molecule has 0 spiro atoms. The molecule has 1 N–H and O–H groups in total. The number of ether oxygens (including phenoxy) is 5. The van der Waals surface area contributed by atoms with Gasteiger partial charge in [0.15, 0.2) is 23.0 Å². The van der Waals surface area contributed by atoms with Crippen LogP contribution in [0.3, 0.4) is 0 Å². The third-order valence-corrected chi connectivity index (χ3v) is 8.01. The van der Waals surface area contributed by atoms with E-state index in [9.17, 15) is 4.79 Å². The number of benzene rings is 2. The predicted molar refractivity (Wildman–Crippen MR) is 165 cm³/mol. The number of carbonyl (C=O) groups excluding carboxylic acids is 1. The van der Waals surface area contributed by atoms with Crippen LogP contribution in [0.2, 0.25) is 0 Å². The van der Waals surface area contributed by atoms with Crippen LogP contribution in [0.15, 0.2) is 24.3 Å². The van der Waals surface area contributed by atoms with Crippen molar-refractivity contribution in [3.05, 3.63) is 46.5 Å². The summed E-state index contributed by atoms with van der Waals surface area (Å²) in [6.45, 7) is 7.44. The standard InChI is InChI=1S/C31H37Cl3N2O6/c1-30(2,3)42-29(37)35-12-7-5-6-8-14-39-27-23(38-4)10-9-20-15-22-21-17-25-24(40-18-41-25)16-19(21)11-13-36(22)28(26(20)27)31(32,33)34/h9-10,15-17,28H,5-8,11-14,18H2,1-4H3,(H,35,37)/t28-/m1/s1. The molecule has 5 rings (SSSR count). The van der Waals surface area contributed by atoms with Crippen molar-refractivity contribution in [1.29, 1.82) is 0 Å². The molecule has 2 aromatic carbocycles. The average Bonchev–Trinajstić information content (AvgIpc) is 3.37. The van der Waals surface area contributed by atoms with Crippen LogP contribution in [0.25, 0.3) is 11.8 Å². The van der Waals surface area contributed by atoms with E-state index in [1.807, 2.05) is 45.0 Å². The molecule has 3 heterocycles. The second kappa shape index (κ2) is 12.5. The minimum atomic E-state index is -1.65. The summed E-state index contributed by atoms with van der Waals surface area (Å²) in [4.78, 5) is 14.0. The lowest BCUT2D eigenvalue weighted by atomic mass is 9.86. The lowest BCUT2D eigenvalue weighted by Crippen LogP contribution is -2.41. The van der Waals surface area contributed by atoms with E-state index < -0.39 is 21.5 Å². The number of nitrogens with zero attached hydrogens (tertiary/aromatic N) is 1. The summed E-state index contributed by atoms with van der Waals surface area (Å²) in [6.07, 6.45) is 6.04. The molecular weight excluding hydrogens is 603 g/mol. The summed E-state index contributed by atoms with van der Waals surface area (Å²) in [7, 11) is 1.61. The third kappa shape index (κ3) is 6.76. The number of amides is 1. The van der Waals surface area contributed by atoms with Gasteiger partial charge in [-0.1, -0.05) is 53.7 Å². The minimum absolute atomic E-state index is 0.212. The van der Waals surface area contributed by atoms with E-state index in [-0.39, 0.29) is 6.79 Å². The Morgan fingerprint density at radius 2 is 1.81 bits per heavy atom. The maximum atomic E-state index is 11.8. The number of hydrogen-bond donors (Lipinski definition) is 1. The average molecular weight is 640 g/mol. The van der Waals surface area contributed by atoms with Crippen molar-refractivity contribution in [2.45, 2.75) is 68.3 Å². The molecule has 1 amide bonds. The molecule has 228 valence electrons. The van der Waals surface area contributed by atoms with Gasteiger partial charge < -0.3 is 33.9 Å². The molecule has 3 aliphatic rings. The molecular formula is C31H37Cl3N2O6. The molecule has 0 aliphatic carbocycles. The molecule has 11 heteroatoms. The first-order valence-electron chi connectivity index (χ1n) is 14.2. The van der Waals surface area contributed by atoms with Gasteiger partial charge in [0, 0.05) is 29.9 Å². The van der Waals surface area contributed by atoms with Gasteiger partial charge in [-0.3, -0.25) is 0 Å². The highest BCUT2D eigenvalue weighted by molar-refractivity contribution is 6.68. The van der Waals surface area contributed by atoms with Crippen LogP contribution < -0.4 is 24.3 Å². The fraction of sp³-hybridized carbons (Fsp3) is 0.516. The summed E-state index contributed by atoms with van der Waals surface area (Å²) < 4.78 is 27.0. The van der Waals surface area contributed by atoms with Crippen molar-refractivity contribution in [2.24, 2.45) is 0 Å². The summed E-state index contributed by atoms with van der Waals surface area (Å²) in [5.41, 5.74) is 4.37. The van der Waals surface area contributed by atoms with Gasteiger partial charge in [0.1, 0.15) is 11.6 Å². The minimum Gasteiger partial charge on any atom is -0.493 e. The number of hydrogen-bond acceptors (Lipinski definition) is 7. The molecule has 2 aromatic rings. The molecule has 0 fully saturated rings. The van der Waals surface area contributed by atoms with Crippen LogP contribution in [0, 0.1) is 0 Å². The Balaban J connectivity index is 1.31. The van der Waals surface area contributed by atoms with Crippen molar-refractivity contribution < 1.29 is 28.5 Å². The summed E-state index contributed by atoms with van der Waals surface area (Å²) in [5.74, 6) is 2.65. The van der Waals surface area contributed by atoms with Gasteiger partial charge in [0.05, 0.1) is 13.7 Å². The van der Waals surface area contributed by atoms with Gasteiger partial charge in [-0.15, -0.1) is 0 Å². The second-order valence-electron chi connectivity index (χ2n) is 11.6. The molecule has 0 radical (unpaired) electrons. The monoisotopic (exact) mass is 638 g/mol. The molecule has 1 atom stereocenters. The maximum absolute atomic E-state index is 11.8.